The van der Waals surface area contributed by atoms with Gasteiger partial charge in [-0.15, -0.1) is 11.8 Å². The second-order valence-electron chi connectivity index (χ2n) is 3.48. The number of aromatic nitrogens is 1. The van der Waals surface area contributed by atoms with Gasteiger partial charge in [0.2, 0.25) is 0 Å². The average molecular weight is 193 g/mol. The highest BCUT2D eigenvalue weighted by atomic mass is 32.2. The highest BCUT2D eigenvalue weighted by molar-refractivity contribution is 8.00. The molecule has 1 aromatic rings. The third-order valence-corrected chi connectivity index (χ3v) is 4.28. The Labute approximate surface area is 84.0 Å². The number of thioether (sulfide) groups is 1. The van der Waals surface area contributed by atoms with Crippen molar-refractivity contribution in [1.29, 1.82) is 0 Å². The van der Waals surface area contributed by atoms with E-state index in [1.54, 1.807) is 0 Å². The molecule has 2 rings (SSSR count). The maximum absolute atomic E-state index is 4.42. The molecule has 0 bridgehead atoms. The summed E-state index contributed by atoms with van der Waals surface area (Å²) < 4.78 is 0. The Morgan fingerprint density at radius 3 is 2.92 bits per heavy atom. The van der Waals surface area contributed by atoms with E-state index in [1.165, 1.54) is 23.4 Å². The van der Waals surface area contributed by atoms with Crippen LogP contribution >= 0.6 is 11.8 Å². The first-order valence-corrected chi connectivity index (χ1v) is 5.86. The van der Waals surface area contributed by atoms with Crippen molar-refractivity contribution in [3.8, 4) is 0 Å². The zero-order valence-electron chi connectivity index (χ0n) is 8.16. The maximum Gasteiger partial charge on any atom is 0.0997 e. The van der Waals surface area contributed by atoms with Crippen LogP contribution in [0.4, 0.5) is 0 Å². The zero-order valence-corrected chi connectivity index (χ0v) is 8.97. The van der Waals surface area contributed by atoms with Gasteiger partial charge in [0, 0.05) is 11.4 Å². The standard InChI is InChI=1S/C11H15NS/c1-3-8-9-6-5-7-12-11(9)13-10(8)4-2/h5-8,10H,3-4H2,1-2H3. The average Bonchev–Trinajstić information content (AvgIpc) is 2.55. The first-order valence-electron chi connectivity index (χ1n) is 4.98. The minimum atomic E-state index is 0.735. The molecule has 0 radical (unpaired) electrons. The highest BCUT2D eigenvalue weighted by Gasteiger charge is 2.31. The van der Waals surface area contributed by atoms with E-state index in [4.69, 9.17) is 0 Å². The van der Waals surface area contributed by atoms with Crippen molar-refractivity contribution in [2.24, 2.45) is 0 Å². The van der Waals surface area contributed by atoms with Crippen LogP contribution < -0.4 is 0 Å². The quantitative estimate of drug-likeness (QED) is 0.713. The second-order valence-corrected chi connectivity index (χ2v) is 4.70. The summed E-state index contributed by atoms with van der Waals surface area (Å²) in [5.41, 5.74) is 1.47. The van der Waals surface area contributed by atoms with Crippen LogP contribution in [-0.2, 0) is 0 Å². The summed E-state index contributed by atoms with van der Waals surface area (Å²) >= 11 is 1.96. The van der Waals surface area contributed by atoms with Crippen molar-refractivity contribution in [1.82, 2.24) is 4.98 Å². The van der Waals surface area contributed by atoms with E-state index in [0.717, 1.165) is 11.2 Å². The van der Waals surface area contributed by atoms with Crippen molar-refractivity contribution < 1.29 is 0 Å². The normalized spacial score (nSPS) is 26.0. The molecule has 2 atom stereocenters. The van der Waals surface area contributed by atoms with E-state index in [1.807, 2.05) is 18.0 Å². The Hall–Kier alpha value is -0.500. The summed E-state index contributed by atoms with van der Waals surface area (Å²) in [6.45, 7) is 4.54. The Balaban J connectivity index is 2.34. The smallest absolute Gasteiger partial charge is 0.0997 e. The van der Waals surface area contributed by atoms with Crippen LogP contribution in [0.15, 0.2) is 23.4 Å². The Morgan fingerprint density at radius 1 is 1.38 bits per heavy atom. The first-order chi connectivity index (χ1) is 6.36. The minimum Gasteiger partial charge on any atom is -0.250 e. The van der Waals surface area contributed by atoms with Gasteiger partial charge >= 0.3 is 0 Å². The van der Waals surface area contributed by atoms with Gasteiger partial charge in [0.05, 0.1) is 5.03 Å². The first kappa shape index (κ1) is 9.07. The topological polar surface area (TPSA) is 12.9 Å². The zero-order chi connectivity index (χ0) is 9.26. The van der Waals surface area contributed by atoms with Gasteiger partial charge in [-0.2, -0.15) is 0 Å². The van der Waals surface area contributed by atoms with Gasteiger partial charge in [-0.1, -0.05) is 19.9 Å². The summed E-state index contributed by atoms with van der Waals surface area (Å²) in [6, 6.07) is 4.29. The lowest BCUT2D eigenvalue weighted by Crippen LogP contribution is -2.07. The Bertz CT molecular complexity index is 298. The van der Waals surface area contributed by atoms with Crippen molar-refractivity contribution >= 4 is 11.8 Å². The maximum atomic E-state index is 4.42. The van der Waals surface area contributed by atoms with Crippen molar-refractivity contribution in [3.05, 3.63) is 23.9 Å². The number of fused-ring (bicyclic) bond motifs is 1. The summed E-state index contributed by atoms with van der Waals surface area (Å²) in [6.07, 6.45) is 4.39. The lowest BCUT2D eigenvalue weighted by molar-refractivity contribution is 0.618. The Kier molecular flexibility index (Phi) is 2.58. The number of hydrogen-bond acceptors (Lipinski definition) is 2. The highest BCUT2D eigenvalue weighted by Crippen LogP contribution is 2.46. The number of nitrogens with zero attached hydrogens (tertiary/aromatic N) is 1. The van der Waals surface area contributed by atoms with Crippen LogP contribution in [0.25, 0.3) is 0 Å². The summed E-state index contributed by atoms with van der Waals surface area (Å²) in [5, 5.41) is 2.02. The van der Waals surface area contributed by atoms with Gasteiger partial charge in [0.15, 0.2) is 0 Å². The molecule has 0 spiro atoms. The number of hydrogen-bond donors (Lipinski definition) is 0. The number of pyridine rings is 1. The van der Waals surface area contributed by atoms with Gasteiger partial charge in [0.1, 0.15) is 0 Å². The summed E-state index contributed by atoms with van der Waals surface area (Å²) in [7, 11) is 0. The molecule has 2 unspecified atom stereocenters. The lowest BCUT2D eigenvalue weighted by atomic mass is 9.93. The van der Waals surface area contributed by atoms with Gasteiger partial charge in [0.25, 0.3) is 0 Å². The second kappa shape index (κ2) is 3.70. The van der Waals surface area contributed by atoms with Gasteiger partial charge < -0.3 is 0 Å². The molecule has 0 N–H and O–H groups in total. The third kappa shape index (κ3) is 1.48. The molecule has 70 valence electrons. The molecule has 2 heteroatoms. The van der Waals surface area contributed by atoms with Crippen LogP contribution in [-0.4, -0.2) is 10.2 Å². The van der Waals surface area contributed by atoms with E-state index < -0.39 is 0 Å². The molecule has 13 heavy (non-hydrogen) atoms. The van der Waals surface area contributed by atoms with E-state index >= 15 is 0 Å². The lowest BCUT2D eigenvalue weighted by Gasteiger charge is -2.14. The predicted octanol–water partition coefficient (Wildman–Crippen LogP) is 3.46. The van der Waals surface area contributed by atoms with Crippen molar-refractivity contribution in [2.75, 3.05) is 0 Å². The predicted molar refractivity (Wildman–Crippen MR) is 57.2 cm³/mol. The van der Waals surface area contributed by atoms with Crippen LogP contribution in [0.5, 0.6) is 0 Å². The van der Waals surface area contributed by atoms with Crippen LogP contribution in [0, 0.1) is 0 Å². The van der Waals surface area contributed by atoms with Crippen molar-refractivity contribution in [2.45, 2.75) is 42.9 Å². The fraction of sp³-hybridized carbons (Fsp3) is 0.545. The molecular formula is C11H15NS. The molecule has 0 fully saturated rings. The van der Waals surface area contributed by atoms with E-state index in [0.29, 0.717) is 0 Å². The molecule has 1 nitrogen and oxygen atoms in total. The Morgan fingerprint density at radius 2 is 2.23 bits per heavy atom. The molecule has 1 aromatic heterocycles. The molecule has 2 heterocycles. The molecule has 0 aliphatic carbocycles. The minimum absolute atomic E-state index is 0.735. The van der Waals surface area contributed by atoms with Crippen LogP contribution in [0.2, 0.25) is 0 Å². The van der Waals surface area contributed by atoms with Crippen LogP contribution in [0.3, 0.4) is 0 Å². The fourth-order valence-electron chi connectivity index (χ4n) is 2.06. The fourth-order valence-corrected chi connectivity index (χ4v) is 3.49. The van der Waals surface area contributed by atoms with E-state index in [2.05, 4.69) is 31.0 Å². The molecule has 0 aromatic carbocycles. The van der Waals surface area contributed by atoms with E-state index in [-0.39, 0.29) is 0 Å². The molecular weight excluding hydrogens is 178 g/mol. The van der Waals surface area contributed by atoms with Crippen molar-refractivity contribution in [3.63, 3.8) is 0 Å². The van der Waals surface area contributed by atoms with E-state index in [9.17, 15) is 0 Å². The van der Waals surface area contributed by atoms with Gasteiger partial charge in [-0.05, 0) is 30.4 Å². The monoisotopic (exact) mass is 193 g/mol. The van der Waals surface area contributed by atoms with Crippen LogP contribution in [0.1, 0.15) is 38.2 Å². The van der Waals surface area contributed by atoms with Gasteiger partial charge in [-0.3, -0.25) is 0 Å². The van der Waals surface area contributed by atoms with Gasteiger partial charge in [-0.25, -0.2) is 4.98 Å². The third-order valence-electron chi connectivity index (χ3n) is 2.75. The summed E-state index contributed by atoms with van der Waals surface area (Å²) in [5.74, 6) is 0.735. The number of rotatable bonds is 2. The molecule has 0 saturated carbocycles. The molecule has 0 saturated heterocycles. The molecule has 0 amide bonds. The SMILES string of the molecule is CCC1Sc2ncccc2C1CC. The molecule has 1 aliphatic heterocycles. The summed E-state index contributed by atoms with van der Waals surface area (Å²) in [4.78, 5) is 4.42. The largest absolute Gasteiger partial charge is 0.250 e. The molecule has 1 aliphatic rings.